The second-order valence-corrected chi connectivity index (χ2v) is 7.54. The predicted octanol–water partition coefficient (Wildman–Crippen LogP) is 2.14. The van der Waals surface area contributed by atoms with Crippen LogP contribution in [0.2, 0.25) is 0 Å². The lowest BCUT2D eigenvalue weighted by molar-refractivity contribution is -0.123. The Hall–Kier alpha value is -2.97. The number of rotatable bonds is 4. The lowest BCUT2D eigenvalue weighted by atomic mass is 9.94. The number of nitrogens with zero attached hydrogens (tertiary/aromatic N) is 5. The summed E-state index contributed by atoms with van der Waals surface area (Å²) in [6.07, 6.45) is 8.42. The molecule has 2 saturated heterocycles. The number of amides is 1. The normalized spacial score (nSPS) is 18.5. The zero-order chi connectivity index (χ0) is 19.6. The van der Waals surface area contributed by atoms with Gasteiger partial charge in [0.1, 0.15) is 11.5 Å². The van der Waals surface area contributed by atoms with Gasteiger partial charge in [-0.15, -0.1) is 0 Å². The first-order valence-corrected chi connectivity index (χ1v) is 9.92. The number of fused-ring (bicyclic) bond motifs is 1. The number of hydrogen-bond donors (Lipinski definition) is 1. The summed E-state index contributed by atoms with van der Waals surface area (Å²) in [4.78, 5) is 32.6. The quantitative estimate of drug-likeness (QED) is 0.729. The Balaban J connectivity index is 1.28. The van der Waals surface area contributed by atoms with E-state index in [1.54, 1.807) is 24.8 Å². The highest BCUT2D eigenvalue weighted by molar-refractivity contribution is 5.93. The highest BCUT2D eigenvalue weighted by Gasteiger charge is 2.32. The van der Waals surface area contributed by atoms with E-state index in [4.69, 9.17) is 4.74 Å². The van der Waals surface area contributed by atoms with Gasteiger partial charge < -0.3 is 10.1 Å². The van der Waals surface area contributed by atoms with Gasteiger partial charge in [-0.05, 0) is 38.1 Å². The fourth-order valence-electron chi connectivity index (χ4n) is 3.85. The standard InChI is InChI=1S/C21H22N6O2/c28-21(14-3-7-27(8-4-14)16-12-29-13-16)26-20-9-18-15(10-24-20)1-2-17(25-18)19-11-22-5-6-23-19/h1-2,5-6,9-11,14,16H,3-4,7-8,12-13H2,(H,24,26,28). The molecule has 0 bridgehead atoms. The molecule has 0 saturated carbocycles. The Morgan fingerprint density at radius 2 is 1.93 bits per heavy atom. The van der Waals surface area contributed by atoms with Crippen LogP contribution in [0.3, 0.4) is 0 Å². The van der Waals surface area contributed by atoms with Crippen LogP contribution in [0.5, 0.6) is 0 Å². The van der Waals surface area contributed by atoms with E-state index in [1.807, 2.05) is 18.2 Å². The third-order valence-electron chi connectivity index (χ3n) is 5.69. The largest absolute Gasteiger partial charge is 0.378 e. The van der Waals surface area contributed by atoms with Crippen molar-refractivity contribution in [2.45, 2.75) is 18.9 Å². The van der Waals surface area contributed by atoms with E-state index in [2.05, 4.69) is 30.2 Å². The van der Waals surface area contributed by atoms with Gasteiger partial charge in [-0.3, -0.25) is 19.7 Å². The summed E-state index contributed by atoms with van der Waals surface area (Å²) in [6, 6.07) is 6.20. The van der Waals surface area contributed by atoms with Crippen molar-refractivity contribution in [3.63, 3.8) is 0 Å². The molecule has 0 radical (unpaired) electrons. The van der Waals surface area contributed by atoms with Crippen molar-refractivity contribution >= 4 is 22.6 Å². The lowest BCUT2D eigenvalue weighted by Gasteiger charge is -2.41. The molecule has 3 aromatic heterocycles. The molecule has 2 aliphatic heterocycles. The minimum Gasteiger partial charge on any atom is -0.378 e. The van der Waals surface area contributed by atoms with Gasteiger partial charge in [0, 0.05) is 36.0 Å². The predicted molar refractivity (Wildman–Crippen MR) is 108 cm³/mol. The molecule has 0 unspecified atom stereocenters. The van der Waals surface area contributed by atoms with Crippen LogP contribution in [-0.4, -0.2) is 63.1 Å². The zero-order valence-electron chi connectivity index (χ0n) is 16.0. The smallest absolute Gasteiger partial charge is 0.228 e. The maximum Gasteiger partial charge on any atom is 0.228 e. The molecule has 0 spiro atoms. The van der Waals surface area contributed by atoms with Crippen molar-refractivity contribution in [1.29, 1.82) is 0 Å². The van der Waals surface area contributed by atoms with Crippen molar-refractivity contribution < 1.29 is 9.53 Å². The van der Waals surface area contributed by atoms with E-state index < -0.39 is 0 Å². The minimum atomic E-state index is 0.0172. The zero-order valence-corrected chi connectivity index (χ0v) is 16.0. The van der Waals surface area contributed by atoms with Gasteiger partial charge >= 0.3 is 0 Å². The minimum absolute atomic E-state index is 0.0172. The van der Waals surface area contributed by atoms with Crippen molar-refractivity contribution in [1.82, 2.24) is 24.8 Å². The van der Waals surface area contributed by atoms with Gasteiger partial charge in [0.2, 0.25) is 5.91 Å². The summed E-state index contributed by atoms with van der Waals surface area (Å²) >= 11 is 0. The molecular weight excluding hydrogens is 368 g/mol. The number of hydrogen-bond acceptors (Lipinski definition) is 7. The fraction of sp³-hybridized carbons (Fsp3) is 0.381. The van der Waals surface area contributed by atoms with Crippen LogP contribution in [0, 0.1) is 5.92 Å². The monoisotopic (exact) mass is 390 g/mol. The third kappa shape index (κ3) is 3.81. The number of aromatic nitrogens is 4. The first-order valence-electron chi connectivity index (χ1n) is 9.92. The number of anilines is 1. The summed E-state index contributed by atoms with van der Waals surface area (Å²) < 4.78 is 5.27. The molecule has 3 aromatic rings. The number of piperidine rings is 1. The molecule has 5 heterocycles. The summed E-state index contributed by atoms with van der Waals surface area (Å²) in [5.74, 6) is 0.580. The van der Waals surface area contributed by atoms with E-state index in [-0.39, 0.29) is 11.8 Å². The van der Waals surface area contributed by atoms with Gasteiger partial charge in [-0.1, -0.05) is 0 Å². The maximum absolute atomic E-state index is 12.7. The molecule has 1 N–H and O–H groups in total. The Morgan fingerprint density at radius 1 is 1.07 bits per heavy atom. The highest BCUT2D eigenvalue weighted by Crippen LogP contribution is 2.24. The van der Waals surface area contributed by atoms with E-state index in [0.29, 0.717) is 17.6 Å². The number of carbonyl (C=O) groups is 1. The first kappa shape index (κ1) is 18.1. The fourth-order valence-corrected chi connectivity index (χ4v) is 3.85. The number of pyridine rings is 2. The van der Waals surface area contributed by atoms with Crippen molar-refractivity contribution in [2.24, 2.45) is 5.92 Å². The summed E-state index contributed by atoms with van der Waals surface area (Å²) in [5.41, 5.74) is 2.21. The molecule has 29 heavy (non-hydrogen) atoms. The summed E-state index contributed by atoms with van der Waals surface area (Å²) in [7, 11) is 0. The number of carbonyl (C=O) groups excluding carboxylic acids is 1. The molecule has 8 heteroatoms. The third-order valence-corrected chi connectivity index (χ3v) is 5.69. The van der Waals surface area contributed by atoms with Crippen LogP contribution in [0.4, 0.5) is 5.82 Å². The highest BCUT2D eigenvalue weighted by atomic mass is 16.5. The maximum atomic E-state index is 12.7. The molecule has 5 rings (SSSR count). The topological polar surface area (TPSA) is 93.1 Å². The van der Waals surface area contributed by atoms with Gasteiger partial charge in [0.15, 0.2) is 0 Å². The average Bonchev–Trinajstić information content (AvgIpc) is 2.73. The van der Waals surface area contributed by atoms with Gasteiger partial charge in [0.25, 0.3) is 0 Å². The van der Waals surface area contributed by atoms with E-state index in [0.717, 1.165) is 55.7 Å². The van der Waals surface area contributed by atoms with Crippen LogP contribution in [-0.2, 0) is 9.53 Å². The Bertz CT molecular complexity index is 1020. The van der Waals surface area contributed by atoms with Crippen LogP contribution in [0.1, 0.15) is 12.8 Å². The van der Waals surface area contributed by atoms with E-state index in [9.17, 15) is 4.79 Å². The number of ether oxygens (including phenoxy) is 1. The second-order valence-electron chi connectivity index (χ2n) is 7.54. The molecule has 0 atom stereocenters. The molecule has 0 aromatic carbocycles. The lowest BCUT2D eigenvalue weighted by Crippen LogP contribution is -2.52. The van der Waals surface area contributed by atoms with Crippen LogP contribution in [0.25, 0.3) is 22.3 Å². The van der Waals surface area contributed by atoms with Crippen molar-refractivity contribution in [2.75, 3.05) is 31.6 Å². The van der Waals surface area contributed by atoms with E-state index in [1.165, 1.54) is 0 Å². The van der Waals surface area contributed by atoms with Gasteiger partial charge in [-0.2, -0.15) is 0 Å². The molecule has 2 fully saturated rings. The van der Waals surface area contributed by atoms with Crippen LogP contribution in [0.15, 0.2) is 43.0 Å². The second kappa shape index (κ2) is 7.81. The SMILES string of the molecule is O=C(Nc1cc2nc(-c3cnccn3)ccc2cn1)C1CCN(C2COC2)CC1. The van der Waals surface area contributed by atoms with Gasteiger partial charge in [0.05, 0.1) is 36.7 Å². The Morgan fingerprint density at radius 3 is 2.66 bits per heavy atom. The molecule has 8 nitrogen and oxygen atoms in total. The Kier molecular flexibility index (Phi) is 4.87. The van der Waals surface area contributed by atoms with E-state index >= 15 is 0 Å². The number of nitrogens with one attached hydrogen (secondary N) is 1. The summed E-state index contributed by atoms with van der Waals surface area (Å²) in [6.45, 7) is 3.53. The molecule has 1 amide bonds. The van der Waals surface area contributed by atoms with Crippen LogP contribution < -0.4 is 5.32 Å². The van der Waals surface area contributed by atoms with Gasteiger partial charge in [-0.25, -0.2) is 9.97 Å². The first-order chi connectivity index (χ1) is 14.3. The molecular formula is C21H22N6O2. The molecule has 2 aliphatic rings. The van der Waals surface area contributed by atoms with Crippen LogP contribution >= 0.6 is 0 Å². The van der Waals surface area contributed by atoms with Crippen molar-refractivity contribution in [3.05, 3.63) is 43.0 Å². The molecule has 148 valence electrons. The van der Waals surface area contributed by atoms with Crippen molar-refractivity contribution in [3.8, 4) is 11.4 Å². The average molecular weight is 390 g/mol. The molecule has 0 aliphatic carbocycles. The number of likely N-dealkylation sites (tertiary alicyclic amines) is 1. The summed E-state index contributed by atoms with van der Waals surface area (Å²) in [5, 5.41) is 3.88. The Labute approximate surface area is 168 Å².